The molecule has 42 valence electrons. The third-order valence-corrected chi connectivity index (χ3v) is 0.283. The molecule has 0 atom stereocenters. The van der Waals surface area contributed by atoms with Crippen molar-refractivity contribution < 1.29 is 4.52 Å². The van der Waals surface area contributed by atoms with Gasteiger partial charge in [0.05, 0.1) is 6.20 Å². The van der Waals surface area contributed by atoms with Crippen molar-refractivity contribution in [1.29, 1.82) is 0 Å². The third-order valence-electron chi connectivity index (χ3n) is 0.283. The summed E-state index contributed by atoms with van der Waals surface area (Å²) in [6.45, 7) is 0. The van der Waals surface area contributed by atoms with E-state index >= 15 is 0 Å². The van der Waals surface area contributed by atoms with E-state index in [1.54, 1.807) is 0 Å². The van der Waals surface area contributed by atoms with Gasteiger partial charge in [0, 0.05) is 5.27 Å². The zero-order valence-corrected chi connectivity index (χ0v) is 3.80. The molecule has 0 unspecified atom stereocenters. The number of hydrogen-bond donors (Lipinski definition) is 0. The lowest BCUT2D eigenvalue weighted by atomic mass is 11.0. The fourth-order valence-electron chi connectivity index (χ4n) is 0.136. The second-order valence-electron chi connectivity index (χ2n) is 0.677. The molecule has 0 saturated carbocycles. The summed E-state index contributed by atoms with van der Waals surface area (Å²) in [5.41, 5.74) is 13.5. The Morgan fingerprint density at radius 1 is 1.50 bits per heavy atom. The minimum absolute atomic E-state index is 1.40. The Labute approximate surface area is 44.5 Å². The summed E-state index contributed by atoms with van der Waals surface area (Å²) in [4.78, 5) is 1.50. The maximum Gasteiger partial charge on any atom is 0.144 e. The van der Waals surface area contributed by atoms with Crippen molar-refractivity contribution >= 4 is 0 Å². The molecule has 0 aliphatic heterocycles. The van der Waals surface area contributed by atoms with Crippen molar-refractivity contribution in [2.45, 2.75) is 0 Å². The average molecular weight is 112 g/mol. The number of aromatic nitrogens is 2. The van der Waals surface area contributed by atoms with Gasteiger partial charge in [-0.15, -0.1) is 5.10 Å². The molecule has 0 aliphatic rings. The molecule has 6 heteroatoms. The van der Waals surface area contributed by atoms with Gasteiger partial charge < -0.3 is 15.6 Å². The van der Waals surface area contributed by atoms with Gasteiger partial charge in [-0.2, -0.15) is 0 Å². The quantitative estimate of drug-likeness (QED) is 0.283. The van der Waals surface area contributed by atoms with Crippen LogP contribution in [0.1, 0.15) is 0 Å². The molecule has 0 radical (unpaired) electrons. The van der Waals surface area contributed by atoms with E-state index in [2.05, 4.69) is 14.9 Å². The lowest BCUT2D eigenvalue weighted by Gasteiger charge is -1.45. The molecule has 0 N–H and O–H groups in total. The van der Waals surface area contributed by atoms with Crippen LogP contribution in [0.4, 0.5) is 0 Å². The molecule has 8 heavy (non-hydrogen) atoms. The van der Waals surface area contributed by atoms with Crippen LogP contribution in [0.3, 0.4) is 0 Å². The number of hydrogen-bond acceptors (Lipinski definition) is 3. The predicted octanol–water partition coefficient (Wildman–Crippen LogP) is 0.936. The van der Waals surface area contributed by atoms with Crippen molar-refractivity contribution in [3.05, 3.63) is 28.4 Å². The second-order valence-corrected chi connectivity index (χ2v) is 0.677. The van der Waals surface area contributed by atoms with E-state index in [4.69, 9.17) is 11.1 Å². The number of rotatable bonds is 0. The van der Waals surface area contributed by atoms with Crippen LogP contribution >= 0.6 is 0 Å². The topological polar surface area (TPSA) is 97.6 Å². The van der Waals surface area contributed by atoms with Crippen molar-refractivity contribution in [2.24, 2.45) is 0 Å². The van der Waals surface area contributed by atoms with Gasteiger partial charge in [-0.25, -0.2) is 0 Å². The van der Waals surface area contributed by atoms with E-state index in [1.165, 1.54) is 17.4 Å². The van der Waals surface area contributed by atoms with Crippen molar-refractivity contribution in [3.63, 3.8) is 0 Å². The minimum Gasteiger partial charge on any atom is -0.373 e. The van der Waals surface area contributed by atoms with E-state index in [0.29, 0.717) is 0 Å². The van der Waals surface area contributed by atoms with Crippen LogP contribution in [0.15, 0.2) is 17.0 Å². The van der Waals surface area contributed by atoms with Crippen molar-refractivity contribution in [1.82, 2.24) is 10.4 Å². The maximum atomic E-state index is 6.75. The summed E-state index contributed by atoms with van der Waals surface area (Å²) in [5.74, 6) is 0. The van der Waals surface area contributed by atoms with Crippen molar-refractivity contribution in [3.8, 4) is 0 Å². The monoisotopic (exact) mass is 112 g/mol. The molecule has 0 fully saturated rings. The zero-order chi connectivity index (χ0) is 6.24. The summed E-state index contributed by atoms with van der Waals surface area (Å²) in [7, 11) is 0. The fourth-order valence-corrected chi connectivity index (χ4v) is 0.136. The van der Waals surface area contributed by atoms with E-state index < -0.39 is 0 Å². The number of nitrogens with zero attached hydrogens (tertiary/aromatic N) is 5. The summed E-state index contributed by atoms with van der Waals surface area (Å²) in [6.07, 6.45) is 2.88. The Morgan fingerprint density at radius 3 is 2.25 bits per heavy atom. The molecular formula is C2H2N5O-. The molecule has 0 amide bonds. The Morgan fingerprint density at radius 2 is 2.12 bits per heavy atom. The lowest BCUT2D eigenvalue weighted by Crippen LogP contribution is -1.53. The Balaban J connectivity index is 0.000000145. The molecule has 1 aromatic rings. The van der Waals surface area contributed by atoms with E-state index in [0.717, 1.165) is 0 Å². The fraction of sp³-hybridized carbons (Fsp3) is 0. The van der Waals surface area contributed by atoms with E-state index in [1.807, 2.05) is 0 Å². The lowest BCUT2D eigenvalue weighted by molar-refractivity contribution is 0.393. The molecule has 0 spiro atoms. The smallest absolute Gasteiger partial charge is 0.144 e. The molecule has 1 heterocycles. The van der Waals surface area contributed by atoms with Crippen LogP contribution < -0.4 is 0 Å². The summed E-state index contributed by atoms with van der Waals surface area (Å²) in [6, 6.07) is 0. The first kappa shape index (κ1) is 6.45. The standard InChI is InChI=1S/C2H2N2O.N3/c1-2-5-4-3-1;1-3-2/h1-2H;/q;-1. The molecule has 0 aromatic carbocycles. The minimum atomic E-state index is 1.40. The first-order valence-corrected chi connectivity index (χ1v) is 1.61. The van der Waals surface area contributed by atoms with Crippen LogP contribution in [-0.2, 0) is 0 Å². The first-order chi connectivity index (χ1) is 3.91. The highest BCUT2D eigenvalue weighted by Gasteiger charge is 1.61. The van der Waals surface area contributed by atoms with Crippen LogP contribution in [0, 0.1) is 0 Å². The molecule has 6 nitrogen and oxygen atoms in total. The largest absolute Gasteiger partial charge is 0.373 e. The molecule has 1 rings (SSSR count). The third kappa shape index (κ3) is 4.45. The summed E-state index contributed by atoms with van der Waals surface area (Å²) in [5, 5.41) is 6.40. The average Bonchev–Trinajstić information content (AvgIpc) is 2.17. The second kappa shape index (κ2) is 5.45. The highest BCUT2D eigenvalue weighted by atomic mass is 16.5. The van der Waals surface area contributed by atoms with Gasteiger partial charge in [-0.05, 0) is 0 Å². The van der Waals surface area contributed by atoms with Gasteiger partial charge in [0.25, 0.3) is 0 Å². The van der Waals surface area contributed by atoms with Crippen LogP contribution in [0.2, 0.25) is 0 Å². The normalized spacial score (nSPS) is 6.00. The van der Waals surface area contributed by atoms with Crippen LogP contribution in [0.5, 0.6) is 0 Å². The highest BCUT2D eigenvalue weighted by Crippen LogP contribution is 1.64. The summed E-state index contributed by atoms with van der Waals surface area (Å²) < 4.78 is 4.22. The molecule has 0 aliphatic carbocycles. The molecule has 0 bridgehead atoms. The maximum absolute atomic E-state index is 6.75. The van der Waals surface area contributed by atoms with Gasteiger partial charge in [0.1, 0.15) is 6.26 Å². The van der Waals surface area contributed by atoms with Gasteiger partial charge in [0.15, 0.2) is 0 Å². The van der Waals surface area contributed by atoms with E-state index in [-0.39, 0.29) is 0 Å². The zero-order valence-electron chi connectivity index (χ0n) is 3.80. The Kier molecular flexibility index (Phi) is 4.39. The molecular weight excluding hydrogens is 110 g/mol. The first-order valence-electron chi connectivity index (χ1n) is 1.61. The van der Waals surface area contributed by atoms with Gasteiger partial charge >= 0.3 is 0 Å². The van der Waals surface area contributed by atoms with Crippen molar-refractivity contribution in [2.75, 3.05) is 0 Å². The summed E-state index contributed by atoms with van der Waals surface area (Å²) >= 11 is 0. The highest BCUT2D eigenvalue weighted by molar-refractivity contribution is 4.48. The predicted molar refractivity (Wildman–Crippen MR) is 24.4 cm³/mol. The molecule has 0 saturated heterocycles. The molecule has 1 aromatic heterocycles. The van der Waals surface area contributed by atoms with Gasteiger partial charge in [-0.3, -0.25) is 4.91 Å². The van der Waals surface area contributed by atoms with Crippen LogP contribution in [0.25, 0.3) is 16.0 Å². The van der Waals surface area contributed by atoms with E-state index in [9.17, 15) is 0 Å². The van der Waals surface area contributed by atoms with Crippen LogP contribution in [-0.4, -0.2) is 10.4 Å². The van der Waals surface area contributed by atoms with Gasteiger partial charge in [0.2, 0.25) is 0 Å². The van der Waals surface area contributed by atoms with Gasteiger partial charge in [-0.1, -0.05) is 0 Å². The Hall–Kier alpha value is -1.55. The SMILES string of the molecule is [N-]=[N+]=[N-].c1conn1. The Bertz CT molecular complexity index is 122.